The maximum Gasteiger partial charge on any atom is 0.0914 e. The van der Waals surface area contributed by atoms with Crippen molar-refractivity contribution in [2.75, 3.05) is 6.54 Å². The highest BCUT2D eigenvalue weighted by atomic mass is 16.3. The van der Waals surface area contributed by atoms with Crippen LogP contribution in [-0.2, 0) is 0 Å². The number of aliphatic hydroxyl groups is 1. The van der Waals surface area contributed by atoms with E-state index in [4.69, 9.17) is 0 Å². The zero-order valence-electron chi connectivity index (χ0n) is 10.5. The molecule has 18 heavy (non-hydrogen) atoms. The Labute approximate surface area is 108 Å². The van der Waals surface area contributed by atoms with E-state index in [1.807, 2.05) is 42.5 Å². The third-order valence-electron chi connectivity index (χ3n) is 3.01. The fourth-order valence-electron chi connectivity index (χ4n) is 1.85. The Morgan fingerprint density at radius 3 is 2.39 bits per heavy atom. The lowest BCUT2D eigenvalue weighted by Crippen LogP contribution is -2.24. The van der Waals surface area contributed by atoms with Crippen molar-refractivity contribution in [2.45, 2.75) is 19.1 Å². The summed E-state index contributed by atoms with van der Waals surface area (Å²) in [6.07, 6.45) is 3.08. The standard InChI is InChI=1S/C15H18N2O/c1-12(13-7-9-16-10-8-13)17-11-15(18)14-5-3-2-4-6-14/h2-10,12,15,17-18H,11H2,1H3/t12-,15?/m0/s1. The Bertz CT molecular complexity index is 413. The maximum atomic E-state index is 10.0. The molecular formula is C15H18N2O. The second-order valence-electron chi connectivity index (χ2n) is 4.34. The van der Waals surface area contributed by atoms with Crippen LogP contribution in [0.5, 0.6) is 0 Å². The van der Waals surface area contributed by atoms with Crippen molar-refractivity contribution >= 4 is 0 Å². The van der Waals surface area contributed by atoms with Gasteiger partial charge in [-0.2, -0.15) is 0 Å². The Morgan fingerprint density at radius 2 is 1.72 bits per heavy atom. The summed E-state index contributed by atoms with van der Waals surface area (Å²) in [7, 11) is 0. The first-order chi connectivity index (χ1) is 8.77. The molecule has 0 aliphatic carbocycles. The number of nitrogens with one attached hydrogen (secondary N) is 1. The summed E-state index contributed by atoms with van der Waals surface area (Å²) in [5.74, 6) is 0. The zero-order valence-corrected chi connectivity index (χ0v) is 10.5. The van der Waals surface area contributed by atoms with Gasteiger partial charge in [-0.15, -0.1) is 0 Å². The number of benzene rings is 1. The number of pyridine rings is 1. The van der Waals surface area contributed by atoms with E-state index in [1.54, 1.807) is 12.4 Å². The van der Waals surface area contributed by atoms with Crippen LogP contribution in [0, 0.1) is 0 Å². The highest BCUT2D eigenvalue weighted by Gasteiger charge is 2.09. The molecule has 1 aromatic carbocycles. The summed E-state index contributed by atoms with van der Waals surface area (Å²) in [5.41, 5.74) is 2.11. The smallest absolute Gasteiger partial charge is 0.0914 e. The summed E-state index contributed by atoms with van der Waals surface area (Å²) in [4.78, 5) is 3.99. The Balaban J connectivity index is 1.89. The average Bonchev–Trinajstić information content (AvgIpc) is 2.46. The molecule has 1 aromatic heterocycles. The molecule has 0 aliphatic rings. The topological polar surface area (TPSA) is 45.1 Å². The number of hydrogen-bond acceptors (Lipinski definition) is 3. The molecule has 0 saturated heterocycles. The first-order valence-corrected chi connectivity index (χ1v) is 6.13. The van der Waals surface area contributed by atoms with Gasteiger partial charge >= 0.3 is 0 Å². The molecular weight excluding hydrogens is 224 g/mol. The molecule has 0 amide bonds. The lowest BCUT2D eigenvalue weighted by atomic mass is 10.1. The second kappa shape index (κ2) is 6.28. The summed E-state index contributed by atoms with van der Waals surface area (Å²) < 4.78 is 0. The van der Waals surface area contributed by atoms with Crippen molar-refractivity contribution in [3.8, 4) is 0 Å². The third-order valence-corrected chi connectivity index (χ3v) is 3.01. The first kappa shape index (κ1) is 12.7. The van der Waals surface area contributed by atoms with Gasteiger partial charge in [-0.05, 0) is 30.2 Å². The number of aliphatic hydroxyl groups excluding tert-OH is 1. The largest absolute Gasteiger partial charge is 0.387 e. The minimum Gasteiger partial charge on any atom is -0.387 e. The normalized spacial score (nSPS) is 14.1. The highest BCUT2D eigenvalue weighted by Crippen LogP contribution is 2.14. The van der Waals surface area contributed by atoms with Gasteiger partial charge in [-0.1, -0.05) is 30.3 Å². The molecule has 1 heterocycles. The van der Waals surface area contributed by atoms with Crippen LogP contribution < -0.4 is 5.32 Å². The quantitative estimate of drug-likeness (QED) is 0.846. The van der Waals surface area contributed by atoms with Crippen LogP contribution in [0.3, 0.4) is 0 Å². The van der Waals surface area contributed by atoms with Gasteiger partial charge in [0.2, 0.25) is 0 Å². The van der Waals surface area contributed by atoms with Gasteiger partial charge in [-0.25, -0.2) is 0 Å². The summed E-state index contributed by atoms with van der Waals surface area (Å²) in [6.45, 7) is 2.61. The molecule has 2 rings (SSSR count). The van der Waals surface area contributed by atoms with E-state index in [0.717, 1.165) is 5.56 Å². The van der Waals surface area contributed by atoms with Gasteiger partial charge in [0.25, 0.3) is 0 Å². The van der Waals surface area contributed by atoms with Crippen LogP contribution in [0.15, 0.2) is 54.9 Å². The van der Waals surface area contributed by atoms with Crippen molar-refractivity contribution in [3.05, 3.63) is 66.0 Å². The number of aromatic nitrogens is 1. The molecule has 1 unspecified atom stereocenters. The fraction of sp³-hybridized carbons (Fsp3) is 0.267. The Kier molecular flexibility index (Phi) is 4.45. The van der Waals surface area contributed by atoms with E-state index in [9.17, 15) is 5.11 Å². The van der Waals surface area contributed by atoms with Crippen LogP contribution in [0.2, 0.25) is 0 Å². The van der Waals surface area contributed by atoms with E-state index in [2.05, 4.69) is 17.2 Å². The van der Waals surface area contributed by atoms with E-state index in [0.29, 0.717) is 6.54 Å². The molecule has 0 fully saturated rings. The molecule has 0 bridgehead atoms. The molecule has 0 aliphatic heterocycles. The minimum atomic E-state index is -0.476. The van der Waals surface area contributed by atoms with E-state index in [1.165, 1.54) is 5.56 Å². The number of hydrogen-bond donors (Lipinski definition) is 2. The Morgan fingerprint density at radius 1 is 1.06 bits per heavy atom. The third kappa shape index (κ3) is 3.39. The van der Waals surface area contributed by atoms with Crippen molar-refractivity contribution in [1.82, 2.24) is 10.3 Å². The second-order valence-corrected chi connectivity index (χ2v) is 4.34. The van der Waals surface area contributed by atoms with Gasteiger partial charge in [0.05, 0.1) is 6.10 Å². The summed E-state index contributed by atoms with van der Waals surface area (Å²) in [5, 5.41) is 13.4. The molecule has 3 nitrogen and oxygen atoms in total. The molecule has 2 atom stereocenters. The minimum absolute atomic E-state index is 0.200. The van der Waals surface area contributed by atoms with Crippen LogP contribution >= 0.6 is 0 Å². The van der Waals surface area contributed by atoms with Crippen molar-refractivity contribution in [1.29, 1.82) is 0 Å². The van der Waals surface area contributed by atoms with Crippen molar-refractivity contribution in [2.24, 2.45) is 0 Å². The Hall–Kier alpha value is -1.71. The van der Waals surface area contributed by atoms with Crippen molar-refractivity contribution in [3.63, 3.8) is 0 Å². The zero-order chi connectivity index (χ0) is 12.8. The first-order valence-electron chi connectivity index (χ1n) is 6.13. The molecule has 0 radical (unpaired) electrons. The van der Waals surface area contributed by atoms with Gasteiger partial charge in [-0.3, -0.25) is 4.98 Å². The van der Waals surface area contributed by atoms with Crippen LogP contribution in [0.25, 0.3) is 0 Å². The maximum absolute atomic E-state index is 10.0. The SMILES string of the molecule is C[C@H](NCC(O)c1ccccc1)c1ccncc1. The lowest BCUT2D eigenvalue weighted by Gasteiger charge is -2.17. The van der Waals surface area contributed by atoms with Gasteiger partial charge in [0.15, 0.2) is 0 Å². The van der Waals surface area contributed by atoms with Crippen LogP contribution in [0.1, 0.15) is 30.2 Å². The van der Waals surface area contributed by atoms with Crippen LogP contribution in [-0.4, -0.2) is 16.6 Å². The van der Waals surface area contributed by atoms with Gasteiger partial charge in [0, 0.05) is 25.0 Å². The molecule has 94 valence electrons. The van der Waals surface area contributed by atoms with Gasteiger partial charge < -0.3 is 10.4 Å². The molecule has 0 spiro atoms. The molecule has 2 aromatic rings. The highest BCUT2D eigenvalue weighted by molar-refractivity contribution is 5.18. The van der Waals surface area contributed by atoms with E-state index >= 15 is 0 Å². The van der Waals surface area contributed by atoms with E-state index < -0.39 is 6.10 Å². The van der Waals surface area contributed by atoms with Crippen molar-refractivity contribution < 1.29 is 5.11 Å². The fourth-order valence-corrected chi connectivity index (χ4v) is 1.85. The van der Waals surface area contributed by atoms with Gasteiger partial charge in [0.1, 0.15) is 0 Å². The molecule has 2 N–H and O–H groups in total. The number of nitrogens with zero attached hydrogens (tertiary/aromatic N) is 1. The molecule has 0 saturated carbocycles. The molecule has 3 heteroatoms. The predicted octanol–water partition coefficient (Wildman–Crippen LogP) is 2.47. The van der Waals surface area contributed by atoms with Crippen LogP contribution in [0.4, 0.5) is 0 Å². The average molecular weight is 242 g/mol. The number of rotatable bonds is 5. The monoisotopic (exact) mass is 242 g/mol. The van der Waals surface area contributed by atoms with E-state index in [-0.39, 0.29) is 6.04 Å². The predicted molar refractivity (Wildman–Crippen MR) is 72.1 cm³/mol. The summed E-state index contributed by atoms with van der Waals surface area (Å²) in [6, 6.07) is 13.8. The lowest BCUT2D eigenvalue weighted by molar-refractivity contribution is 0.171. The summed E-state index contributed by atoms with van der Waals surface area (Å²) >= 11 is 0.